The van der Waals surface area contributed by atoms with Gasteiger partial charge in [-0.2, -0.15) is 0 Å². The van der Waals surface area contributed by atoms with E-state index in [0.717, 1.165) is 13.0 Å². The molecule has 0 aliphatic heterocycles. The summed E-state index contributed by atoms with van der Waals surface area (Å²) < 4.78 is 0. The molecule has 4 heteroatoms. The Bertz CT molecular complexity index is 118. The highest BCUT2D eigenvalue weighted by Gasteiger charge is 1.97. The van der Waals surface area contributed by atoms with Crippen LogP contribution in [-0.4, -0.2) is 38.0 Å². The Morgan fingerprint density at radius 3 is 2.42 bits per heavy atom. The quantitative estimate of drug-likeness (QED) is 0.609. The van der Waals surface area contributed by atoms with Crippen LogP contribution in [0.2, 0.25) is 0 Å². The lowest BCUT2D eigenvalue weighted by Crippen LogP contribution is -2.20. The van der Waals surface area contributed by atoms with Crippen LogP contribution in [0.5, 0.6) is 0 Å². The first-order valence-electron chi connectivity index (χ1n) is 4.02. The van der Waals surface area contributed by atoms with Gasteiger partial charge < -0.3 is 4.90 Å². The second-order valence-electron chi connectivity index (χ2n) is 2.79. The summed E-state index contributed by atoms with van der Waals surface area (Å²) in [5.41, 5.74) is 0. The van der Waals surface area contributed by atoms with Crippen LogP contribution in [0.3, 0.4) is 0 Å². The predicted molar refractivity (Wildman–Crippen MR) is 52.7 cm³/mol. The van der Waals surface area contributed by atoms with Crippen molar-refractivity contribution in [3.63, 3.8) is 0 Å². The second-order valence-corrected chi connectivity index (χ2v) is 2.79. The molecule has 1 radical (unpaired) electrons. The zero-order valence-corrected chi connectivity index (χ0v) is 8.86. The molecule has 73 valence electrons. The third-order valence-electron chi connectivity index (χ3n) is 1.35. The first kappa shape index (κ1) is 14.3. The Balaban J connectivity index is 0. The molecule has 1 amide bonds. The molecular weight excluding hydrogens is 176 g/mol. The summed E-state index contributed by atoms with van der Waals surface area (Å²) >= 11 is 0. The first-order valence-corrected chi connectivity index (χ1v) is 4.02. The maximum atomic E-state index is 10.7. The fourth-order valence-corrected chi connectivity index (χ4v) is 0.702. The first-order chi connectivity index (χ1) is 5.16. The molecule has 3 nitrogen and oxygen atoms in total. The zero-order valence-electron chi connectivity index (χ0n) is 8.04. The van der Waals surface area contributed by atoms with Crippen LogP contribution in [0, 0.1) is 0 Å². The van der Waals surface area contributed by atoms with Crippen LogP contribution in [0.1, 0.15) is 19.8 Å². The molecule has 0 atom stereocenters. The summed E-state index contributed by atoms with van der Waals surface area (Å²) in [4.78, 5) is 12.8. The molecule has 0 heterocycles. The minimum Gasteiger partial charge on any atom is -0.309 e. The van der Waals surface area contributed by atoms with E-state index in [1.807, 2.05) is 21.0 Å². The molecule has 12 heavy (non-hydrogen) atoms. The number of carbonyl (C=O) groups is 1. The van der Waals surface area contributed by atoms with E-state index < -0.39 is 0 Å². The van der Waals surface area contributed by atoms with Gasteiger partial charge in [-0.05, 0) is 27.1 Å². The number of nitrogens with zero attached hydrogens (tertiary/aromatic N) is 2. The number of hydrogen-bond donors (Lipinski definition) is 0. The Morgan fingerprint density at radius 1 is 1.42 bits per heavy atom. The van der Waals surface area contributed by atoms with E-state index in [4.69, 9.17) is 0 Å². The Hall–Kier alpha value is -0.280. The molecule has 0 saturated carbocycles. The van der Waals surface area contributed by atoms with Gasteiger partial charge in [-0.15, -0.1) is 12.4 Å². The van der Waals surface area contributed by atoms with Crippen LogP contribution >= 0.6 is 12.4 Å². The molecule has 0 rings (SSSR count). The minimum atomic E-state index is 0. The third kappa shape index (κ3) is 9.72. The van der Waals surface area contributed by atoms with Crippen molar-refractivity contribution >= 4 is 18.3 Å². The average molecular weight is 194 g/mol. The normalized spacial score (nSPS) is 9.33. The molecule has 0 fully saturated rings. The molecule has 0 spiro atoms. The molecule has 0 aliphatic carbocycles. The van der Waals surface area contributed by atoms with Crippen LogP contribution in [0.25, 0.3) is 0 Å². The van der Waals surface area contributed by atoms with Gasteiger partial charge in [0.25, 0.3) is 0 Å². The molecule has 0 aromatic carbocycles. The van der Waals surface area contributed by atoms with E-state index >= 15 is 0 Å². The summed E-state index contributed by atoms with van der Waals surface area (Å²) in [5.74, 6) is 0.0174. The van der Waals surface area contributed by atoms with Gasteiger partial charge in [0.1, 0.15) is 0 Å². The van der Waals surface area contributed by atoms with Crippen molar-refractivity contribution in [2.45, 2.75) is 19.8 Å². The molecule has 0 bridgehead atoms. The average Bonchev–Trinajstić information content (AvgIpc) is 1.97. The Kier molecular flexibility index (Phi) is 10.5. The lowest BCUT2D eigenvalue weighted by Gasteiger charge is -2.07. The lowest BCUT2D eigenvalue weighted by molar-refractivity contribution is -0.121. The second kappa shape index (κ2) is 8.81. The van der Waals surface area contributed by atoms with E-state index in [1.165, 1.54) is 0 Å². The van der Waals surface area contributed by atoms with Gasteiger partial charge in [-0.25, -0.2) is 0 Å². The van der Waals surface area contributed by atoms with Crippen LogP contribution in [0.15, 0.2) is 0 Å². The Morgan fingerprint density at radius 2 is 2.00 bits per heavy atom. The highest BCUT2D eigenvalue weighted by atomic mass is 35.5. The monoisotopic (exact) mass is 193 g/mol. The lowest BCUT2D eigenvalue weighted by atomic mass is 10.4. The number of rotatable bonds is 5. The smallest absolute Gasteiger partial charge is 0.240 e. The van der Waals surface area contributed by atoms with E-state index in [2.05, 4.69) is 10.2 Å². The van der Waals surface area contributed by atoms with Crippen molar-refractivity contribution in [1.82, 2.24) is 10.2 Å². The molecular formula is C8H18ClN2O. The summed E-state index contributed by atoms with van der Waals surface area (Å²) in [6, 6.07) is 0. The van der Waals surface area contributed by atoms with Gasteiger partial charge in [0, 0.05) is 13.0 Å². The van der Waals surface area contributed by atoms with Gasteiger partial charge in [0.15, 0.2) is 0 Å². The summed E-state index contributed by atoms with van der Waals surface area (Å²) in [5, 5.41) is 3.85. The maximum Gasteiger partial charge on any atom is 0.240 e. The summed E-state index contributed by atoms with van der Waals surface area (Å²) in [7, 11) is 4.03. The molecule has 0 unspecified atom stereocenters. The van der Waals surface area contributed by atoms with E-state index in [1.54, 1.807) is 0 Å². The highest BCUT2D eigenvalue weighted by Crippen LogP contribution is 1.83. The van der Waals surface area contributed by atoms with E-state index in [0.29, 0.717) is 13.0 Å². The number of carbonyl (C=O) groups excluding carboxylic acids is 1. The maximum absolute atomic E-state index is 10.7. The number of amides is 1. The van der Waals surface area contributed by atoms with Crippen molar-refractivity contribution in [3.8, 4) is 0 Å². The van der Waals surface area contributed by atoms with E-state index in [9.17, 15) is 4.79 Å². The van der Waals surface area contributed by atoms with Crippen LogP contribution in [-0.2, 0) is 4.79 Å². The standard InChI is InChI=1S/C8H17N2O.ClH/c1-4-8(11)9-6-5-7-10(2)3;/h4-7H2,1-3H3;1H. The van der Waals surface area contributed by atoms with Gasteiger partial charge in [0.2, 0.25) is 5.91 Å². The van der Waals surface area contributed by atoms with Crippen LogP contribution < -0.4 is 5.32 Å². The van der Waals surface area contributed by atoms with Gasteiger partial charge in [-0.3, -0.25) is 10.1 Å². The summed E-state index contributed by atoms with van der Waals surface area (Å²) in [6.45, 7) is 3.50. The zero-order chi connectivity index (χ0) is 8.69. The molecule has 0 aromatic rings. The third-order valence-corrected chi connectivity index (χ3v) is 1.35. The SMILES string of the molecule is CCC(=O)[N]CCCN(C)C.Cl. The van der Waals surface area contributed by atoms with Gasteiger partial charge in [-0.1, -0.05) is 6.92 Å². The van der Waals surface area contributed by atoms with Crippen molar-refractivity contribution in [1.29, 1.82) is 0 Å². The number of hydrogen-bond acceptors (Lipinski definition) is 2. The topological polar surface area (TPSA) is 34.4 Å². The summed E-state index contributed by atoms with van der Waals surface area (Å²) in [6.07, 6.45) is 1.50. The van der Waals surface area contributed by atoms with Crippen molar-refractivity contribution in [3.05, 3.63) is 0 Å². The van der Waals surface area contributed by atoms with Crippen molar-refractivity contribution in [2.75, 3.05) is 27.2 Å². The largest absolute Gasteiger partial charge is 0.309 e. The van der Waals surface area contributed by atoms with Gasteiger partial charge >= 0.3 is 0 Å². The fourth-order valence-electron chi connectivity index (χ4n) is 0.702. The van der Waals surface area contributed by atoms with Crippen molar-refractivity contribution < 1.29 is 4.79 Å². The number of halogens is 1. The van der Waals surface area contributed by atoms with Gasteiger partial charge in [0.05, 0.1) is 0 Å². The van der Waals surface area contributed by atoms with Crippen molar-refractivity contribution in [2.24, 2.45) is 0 Å². The highest BCUT2D eigenvalue weighted by molar-refractivity contribution is 5.85. The molecule has 0 aliphatic rings. The molecule has 0 aromatic heterocycles. The molecule has 0 saturated heterocycles. The predicted octanol–water partition coefficient (Wildman–Crippen LogP) is 0.901. The van der Waals surface area contributed by atoms with Crippen LogP contribution in [0.4, 0.5) is 0 Å². The molecule has 0 N–H and O–H groups in total. The Labute approximate surface area is 80.9 Å². The minimum absolute atomic E-state index is 0. The fraction of sp³-hybridized carbons (Fsp3) is 0.875. The van der Waals surface area contributed by atoms with E-state index in [-0.39, 0.29) is 18.3 Å².